The van der Waals surface area contributed by atoms with Crippen molar-refractivity contribution in [3.8, 4) is 0 Å². The van der Waals surface area contributed by atoms with E-state index in [-0.39, 0.29) is 0 Å². The summed E-state index contributed by atoms with van der Waals surface area (Å²) in [6.07, 6.45) is 1.34. The Bertz CT molecular complexity index is 576. The molecule has 20 heavy (non-hydrogen) atoms. The molecular weight excluding hydrogens is 323 g/mol. The Kier molecular flexibility index (Phi) is 6.75. The van der Waals surface area contributed by atoms with Crippen molar-refractivity contribution in [3.63, 3.8) is 0 Å². The van der Waals surface area contributed by atoms with Crippen LogP contribution >= 0.6 is 23.2 Å². The van der Waals surface area contributed by atoms with Crippen LogP contribution in [0.25, 0.3) is 0 Å². The number of sulfonamides is 1. The second kappa shape index (κ2) is 7.83. The summed E-state index contributed by atoms with van der Waals surface area (Å²) in [6.45, 7) is 0.386. The molecule has 2 N–H and O–H groups in total. The molecule has 5 nitrogen and oxygen atoms in total. The predicted octanol–water partition coefficient (Wildman–Crippen LogP) is 1.59. The molecule has 1 aromatic carbocycles. The molecule has 0 radical (unpaired) electrons. The lowest BCUT2D eigenvalue weighted by molar-refractivity contribution is -0.118. The summed E-state index contributed by atoms with van der Waals surface area (Å²) in [4.78, 5) is 11.4. The van der Waals surface area contributed by atoms with E-state index < -0.39 is 21.7 Å². The van der Waals surface area contributed by atoms with Crippen LogP contribution < -0.4 is 10.0 Å². The van der Waals surface area contributed by atoms with Crippen LogP contribution in [0.4, 0.5) is 0 Å². The Morgan fingerprint density at radius 1 is 1.30 bits per heavy atom. The van der Waals surface area contributed by atoms with Gasteiger partial charge in [0.1, 0.15) is 5.75 Å². The first-order chi connectivity index (χ1) is 9.34. The maximum Gasteiger partial charge on any atom is 0.236 e. The molecule has 0 aliphatic rings. The van der Waals surface area contributed by atoms with Crippen LogP contribution in [-0.4, -0.2) is 33.7 Å². The van der Waals surface area contributed by atoms with Gasteiger partial charge in [0, 0.05) is 16.6 Å². The molecule has 1 amide bonds. The van der Waals surface area contributed by atoms with Crippen LogP contribution in [0.3, 0.4) is 0 Å². The molecule has 1 aromatic rings. The van der Waals surface area contributed by atoms with Gasteiger partial charge in [0.25, 0.3) is 0 Å². The number of benzene rings is 1. The number of halogens is 2. The molecule has 0 aliphatic heterocycles. The Hall–Kier alpha value is -0.820. The third-order valence-electron chi connectivity index (χ3n) is 2.59. The van der Waals surface area contributed by atoms with Crippen LogP contribution in [0.5, 0.6) is 0 Å². The lowest BCUT2D eigenvalue weighted by Crippen LogP contribution is -2.35. The van der Waals surface area contributed by atoms with Crippen LogP contribution in [-0.2, 0) is 21.2 Å². The minimum absolute atomic E-state index is 0.386. The number of carbonyl (C=O) groups excluding carboxylic acids is 1. The smallest absolute Gasteiger partial charge is 0.236 e. The lowest BCUT2D eigenvalue weighted by Gasteiger charge is -2.07. The summed E-state index contributed by atoms with van der Waals surface area (Å²) in [5, 5.41) is 3.71. The zero-order chi connectivity index (χ0) is 15.2. The van der Waals surface area contributed by atoms with Gasteiger partial charge < -0.3 is 5.32 Å². The second-order valence-electron chi connectivity index (χ2n) is 4.15. The molecule has 0 fully saturated rings. The van der Waals surface area contributed by atoms with Crippen molar-refractivity contribution in [2.75, 3.05) is 19.3 Å². The first kappa shape index (κ1) is 17.2. The molecule has 0 atom stereocenters. The molecule has 0 bridgehead atoms. The van der Waals surface area contributed by atoms with Gasteiger partial charge in [-0.15, -0.1) is 0 Å². The van der Waals surface area contributed by atoms with Crippen molar-refractivity contribution in [2.45, 2.75) is 12.8 Å². The predicted molar refractivity (Wildman–Crippen MR) is 80.6 cm³/mol. The van der Waals surface area contributed by atoms with E-state index in [0.29, 0.717) is 29.4 Å². The van der Waals surface area contributed by atoms with Crippen molar-refractivity contribution in [2.24, 2.45) is 0 Å². The highest BCUT2D eigenvalue weighted by Gasteiger charge is 2.13. The molecule has 0 spiro atoms. The average molecular weight is 339 g/mol. The van der Waals surface area contributed by atoms with E-state index in [1.165, 1.54) is 7.05 Å². The maximum absolute atomic E-state index is 11.4. The van der Waals surface area contributed by atoms with Gasteiger partial charge in [0.2, 0.25) is 15.9 Å². The van der Waals surface area contributed by atoms with Gasteiger partial charge in [0.15, 0.2) is 0 Å². The summed E-state index contributed by atoms with van der Waals surface area (Å²) in [7, 11) is -2.25. The number of carbonyl (C=O) groups is 1. The summed E-state index contributed by atoms with van der Waals surface area (Å²) in [5.74, 6) is -1.09. The number of rotatable bonds is 7. The van der Waals surface area contributed by atoms with E-state index in [1.807, 2.05) is 6.07 Å². The molecule has 8 heteroatoms. The van der Waals surface area contributed by atoms with E-state index in [4.69, 9.17) is 23.2 Å². The largest absolute Gasteiger partial charge is 0.355 e. The van der Waals surface area contributed by atoms with Crippen molar-refractivity contribution < 1.29 is 13.2 Å². The zero-order valence-corrected chi connectivity index (χ0v) is 13.3. The van der Waals surface area contributed by atoms with Gasteiger partial charge in [-0.05, 0) is 37.6 Å². The third-order valence-corrected chi connectivity index (χ3v) is 4.44. The first-order valence-corrected chi connectivity index (χ1v) is 8.37. The molecule has 0 saturated heterocycles. The zero-order valence-electron chi connectivity index (χ0n) is 10.9. The minimum Gasteiger partial charge on any atom is -0.355 e. The summed E-state index contributed by atoms with van der Waals surface area (Å²) in [5.41, 5.74) is 0.938. The SMILES string of the molecule is CNS(=O)(=O)CC(=O)NCCCc1ccc(Cl)cc1Cl. The number of aryl methyl sites for hydroxylation is 1. The van der Waals surface area contributed by atoms with Gasteiger partial charge >= 0.3 is 0 Å². The van der Waals surface area contributed by atoms with Gasteiger partial charge in [-0.1, -0.05) is 29.3 Å². The van der Waals surface area contributed by atoms with Crippen molar-refractivity contribution in [1.29, 1.82) is 0 Å². The maximum atomic E-state index is 11.4. The number of nitrogens with one attached hydrogen (secondary N) is 2. The quantitative estimate of drug-likeness (QED) is 0.741. The van der Waals surface area contributed by atoms with Crippen molar-refractivity contribution in [1.82, 2.24) is 10.0 Å². The fourth-order valence-electron chi connectivity index (χ4n) is 1.53. The highest BCUT2D eigenvalue weighted by atomic mass is 35.5. The van der Waals surface area contributed by atoms with Gasteiger partial charge in [-0.2, -0.15) is 0 Å². The molecule has 0 heterocycles. The van der Waals surface area contributed by atoms with Crippen LogP contribution in [0.1, 0.15) is 12.0 Å². The number of amides is 1. The van der Waals surface area contributed by atoms with Crippen LogP contribution in [0.2, 0.25) is 10.0 Å². The fourth-order valence-corrected chi connectivity index (χ4v) is 2.62. The van der Waals surface area contributed by atoms with E-state index in [9.17, 15) is 13.2 Å². The topological polar surface area (TPSA) is 75.3 Å². The van der Waals surface area contributed by atoms with E-state index in [0.717, 1.165) is 5.56 Å². The number of hydrogen-bond acceptors (Lipinski definition) is 3. The molecule has 1 rings (SSSR count). The Morgan fingerprint density at radius 3 is 2.60 bits per heavy atom. The first-order valence-electron chi connectivity index (χ1n) is 5.96. The van der Waals surface area contributed by atoms with Gasteiger partial charge in [-0.3, -0.25) is 4.79 Å². The van der Waals surface area contributed by atoms with E-state index in [2.05, 4.69) is 10.0 Å². The second-order valence-corrected chi connectivity index (χ2v) is 6.92. The monoisotopic (exact) mass is 338 g/mol. The van der Waals surface area contributed by atoms with E-state index >= 15 is 0 Å². The standard InChI is InChI=1S/C12H16Cl2N2O3S/c1-15-20(18,19)8-12(17)16-6-2-3-9-4-5-10(13)7-11(9)14/h4-5,7,15H,2-3,6,8H2,1H3,(H,16,17). The van der Waals surface area contributed by atoms with Crippen molar-refractivity contribution in [3.05, 3.63) is 33.8 Å². The molecule has 112 valence electrons. The molecular formula is C12H16Cl2N2O3S. The van der Waals surface area contributed by atoms with Gasteiger partial charge in [-0.25, -0.2) is 13.1 Å². The molecule has 0 saturated carbocycles. The summed E-state index contributed by atoms with van der Waals surface area (Å²) < 4.78 is 24.4. The summed E-state index contributed by atoms with van der Waals surface area (Å²) >= 11 is 11.8. The normalized spacial score (nSPS) is 11.3. The molecule has 0 aliphatic carbocycles. The number of hydrogen-bond donors (Lipinski definition) is 2. The Morgan fingerprint density at radius 2 is 2.00 bits per heavy atom. The Labute approximate surface area is 128 Å². The molecule has 0 unspecified atom stereocenters. The third kappa shape index (κ3) is 6.09. The lowest BCUT2D eigenvalue weighted by atomic mass is 10.1. The van der Waals surface area contributed by atoms with E-state index in [1.54, 1.807) is 12.1 Å². The molecule has 0 aromatic heterocycles. The highest BCUT2D eigenvalue weighted by Crippen LogP contribution is 2.21. The Balaban J connectivity index is 2.33. The van der Waals surface area contributed by atoms with Crippen LogP contribution in [0, 0.1) is 0 Å². The van der Waals surface area contributed by atoms with Gasteiger partial charge in [0.05, 0.1) is 0 Å². The van der Waals surface area contributed by atoms with Crippen LogP contribution in [0.15, 0.2) is 18.2 Å². The minimum atomic E-state index is -3.52. The fraction of sp³-hybridized carbons (Fsp3) is 0.417. The highest BCUT2D eigenvalue weighted by molar-refractivity contribution is 7.90. The average Bonchev–Trinajstić information content (AvgIpc) is 2.36. The summed E-state index contributed by atoms with van der Waals surface area (Å²) in [6, 6.07) is 5.25. The van der Waals surface area contributed by atoms with Crippen molar-refractivity contribution >= 4 is 39.1 Å².